The van der Waals surface area contributed by atoms with E-state index in [2.05, 4.69) is 21.4 Å². The first-order valence-corrected chi connectivity index (χ1v) is 6.57. The highest BCUT2D eigenvalue weighted by Crippen LogP contribution is 2.23. The Hall–Kier alpha value is -0.230. The number of rotatable bonds is 6. The van der Waals surface area contributed by atoms with Gasteiger partial charge in [0, 0.05) is 17.5 Å². The zero-order valence-electron chi connectivity index (χ0n) is 9.15. The minimum atomic E-state index is -0.573. The van der Waals surface area contributed by atoms with Gasteiger partial charge in [-0.25, -0.2) is 8.78 Å². The standard InChI is InChI=1S/C11H14BrClF2N2/c12-9-3-4-10(14)8(11(9)15)6-7(17-16)2-1-5-13/h3-4,7,17H,1-2,5-6,16H2. The summed E-state index contributed by atoms with van der Waals surface area (Å²) in [6.07, 6.45) is 1.61. The Labute approximate surface area is 113 Å². The topological polar surface area (TPSA) is 38.0 Å². The summed E-state index contributed by atoms with van der Waals surface area (Å²) in [4.78, 5) is 0. The van der Waals surface area contributed by atoms with Gasteiger partial charge >= 0.3 is 0 Å². The maximum atomic E-state index is 13.7. The highest BCUT2D eigenvalue weighted by atomic mass is 79.9. The molecule has 1 rings (SSSR count). The maximum absolute atomic E-state index is 13.7. The molecule has 0 saturated carbocycles. The van der Waals surface area contributed by atoms with Gasteiger partial charge in [-0.1, -0.05) is 0 Å². The molecular weight excluding hydrogens is 313 g/mol. The summed E-state index contributed by atoms with van der Waals surface area (Å²) < 4.78 is 27.4. The Morgan fingerprint density at radius 3 is 2.71 bits per heavy atom. The van der Waals surface area contributed by atoms with E-state index in [9.17, 15) is 8.78 Å². The molecule has 17 heavy (non-hydrogen) atoms. The zero-order chi connectivity index (χ0) is 12.8. The first-order chi connectivity index (χ1) is 8.10. The Bertz CT molecular complexity index is 377. The van der Waals surface area contributed by atoms with E-state index in [-0.39, 0.29) is 22.5 Å². The van der Waals surface area contributed by atoms with E-state index in [0.717, 1.165) is 6.42 Å². The summed E-state index contributed by atoms with van der Waals surface area (Å²) in [5.74, 6) is 4.72. The summed E-state index contributed by atoms with van der Waals surface area (Å²) in [7, 11) is 0. The van der Waals surface area contributed by atoms with Crippen LogP contribution in [0.2, 0.25) is 0 Å². The van der Waals surface area contributed by atoms with Gasteiger partial charge in [0.1, 0.15) is 11.6 Å². The van der Waals surface area contributed by atoms with Crippen molar-refractivity contribution in [3.05, 3.63) is 33.8 Å². The lowest BCUT2D eigenvalue weighted by atomic mass is 10.0. The summed E-state index contributed by atoms with van der Waals surface area (Å²) in [5.41, 5.74) is 2.59. The van der Waals surface area contributed by atoms with Crippen LogP contribution < -0.4 is 11.3 Å². The Balaban J connectivity index is 2.81. The lowest BCUT2D eigenvalue weighted by Crippen LogP contribution is -2.37. The second kappa shape index (κ2) is 7.26. The number of halogens is 4. The van der Waals surface area contributed by atoms with Crippen molar-refractivity contribution in [2.45, 2.75) is 25.3 Å². The molecular formula is C11H14BrClF2N2. The van der Waals surface area contributed by atoms with E-state index < -0.39 is 11.6 Å². The molecule has 0 saturated heterocycles. The number of nitrogens with one attached hydrogen (secondary N) is 1. The molecule has 0 aromatic heterocycles. The quantitative estimate of drug-likeness (QED) is 0.365. The van der Waals surface area contributed by atoms with Crippen molar-refractivity contribution in [1.29, 1.82) is 0 Å². The third-order valence-corrected chi connectivity index (χ3v) is 3.39. The van der Waals surface area contributed by atoms with Crippen molar-refractivity contribution in [2.75, 3.05) is 5.88 Å². The summed E-state index contributed by atoms with van der Waals surface area (Å²) >= 11 is 8.60. The van der Waals surface area contributed by atoms with E-state index in [1.165, 1.54) is 12.1 Å². The molecule has 1 atom stereocenters. The van der Waals surface area contributed by atoms with Crippen molar-refractivity contribution in [3.8, 4) is 0 Å². The molecule has 0 radical (unpaired) electrons. The average molecular weight is 328 g/mol. The number of hydrogen-bond acceptors (Lipinski definition) is 2. The molecule has 0 fully saturated rings. The van der Waals surface area contributed by atoms with Crippen molar-refractivity contribution >= 4 is 27.5 Å². The van der Waals surface area contributed by atoms with Gasteiger partial charge in [0.15, 0.2) is 0 Å². The van der Waals surface area contributed by atoms with Gasteiger partial charge in [-0.2, -0.15) is 0 Å². The highest BCUT2D eigenvalue weighted by molar-refractivity contribution is 9.10. The number of hydrazine groups is 1. The van der Waals surface area contributed by atoms with E-state index in [0.29, 0.717) is 12.3 Å². The molecule has 2 nitrogen and oxygen atoms in total. The van der Waals surface area contributed by atoms with Gasteiger partial charge in [-0.05, 0) is 47.3 Å². The molecule has 0 aliphatic rings. The molecule has 1 aromatic rings. The molecule has 6 heteroatoms. The van der Waals surface area contributed by atoms with Crippen LogP contribution in [-0.4, -0.2) is 11.9 Å². The van der Waals surface area contributed by atoms with Crippen molar-refractivity contribution in [3.63, 3.8) is 0 Å². The monoisotopic (exact) mass is 326 g/mol. The average Bonchev–Trinajstić information content (AvgIpc) is 2.33. The number of nitrogens with two attached hydrogens (primary N) is 1. The fourth-order valence-electron chi connectivity index (χ4n) is 1.57. The van der Waals surface area contributed by atoms with Crippen LogP contribution in [0.25, 0.3) is 0 Å². The molecule has 1 aromatic carbocycles. The molecule has 1 unspecified atom stereocenters. The van der Waals surface area contributed by atoms with E-state index in [1.54, 1.807) is 0 Å². The molecule has 0 spiro atoms. The normalized spacial score (nSPS) is 12.8. The maximum Gasteiger partial charge on any atom is 0.143 e. The molecule has 0 aliphatic carbocycles. The highest BCUT2D eigenvalue weighted by Gasteiger charge is 2.16. The van der Waals surface area contributed by atoms with Gasteiger partial charge in [-0.15, -0.1) is 11.6 Å². The van der Waals surface area contributed by atoms with Crippen LogP contribution in [0.1, 0.15) is 18.4 Å². The lowest BCUT2D eigenvalue weighted by molar-refractivity contribution is 0.460. The minimum Gasteiger partial charge on any atom is -0.271 e. The van der Waals surface area contributed by atoms with Gasteiger partial charge in [0.25, 0.3) is 0 Å². The van der Waals surface area contributed by atoms with Crippen LogP contribution >= 0.6 is 27.5 Å². The summed E-state index contributed by atoms with van der Waals surface area (Å²) in [5, 5.41) is 0. The first-order valence-electron chi connectivity index (χ1n) is 5.24. The molecule has 0 heterocycles. The van der Waals surface area contributed by atoms with Crippen LogP contribution in [0, 0.1) is 11.6 Å². The van der Waals surface area contributed by atoms with E-state index in [4.69, 9.17) is 17.4 Å². The largest absolute Gasteiger partial charge is 0.271 e. The van der Waals surface area contributed by atoms with Crippen LogP contribution in [0.4, 0.5) is 8.78 Å². The Morgan fingerprint density at radius 2 is 2.12 bits per heavy atom. The van der Waals surface area contributed by atoms with Crippen molar-refractivity contribution < 1.29 is 8.78 Å². The van der Waals surface area contributed by atoms with Crippen LogP contribution in [-0.2, 0) is 6.42 Å². The molecule has 0 amide bonds. The lowest BCUT2D eigenvalue weighted by Gasteiger charge is -2.16. The van der Waals surface area contributed by atoms with E-state index in [1.807, 2.05) is 0 Å². The fourth-order valence-corrected chi connectivity index (χ4v) is 2.10. The minimum absolute atomic E-state index is 0.0388. The first kappa shape index (κ1) is 14.8. The van der Waals surface area contributed by atoms with Gasteiger partial charge in [-0.3, -0.25) is 11.3 Å². The number of hydrogen-bond donors (Lipinski definition) is 2. The second-order valence-corrected chi connectivity index (χ2v) is 4.95. The fraction of sp³-hybridized carbons (Fsp3) is 0.455. The number of alkyl halides is 1. The SMILES string of the molecule is NNC(CCCCl)Cc1c(F)ccc(Br)c1F. The summed E-state index contributed by atoms with van der Waals surface area (Å²) in [6.45, 7) is 0. The van der Waals surface area contributed by atoms with Crippen LogP contribution in [0.3, 0.4) is 0 Å². The molecule has 3 N–H and O–H groups in total. The second-order valence-electron chi connectivity index (χ2n) is 3.72. The van der Waals surface area contributed by atoms with Crippen LogP contribution in [0.15, 0.2) is 16.6 Å². The van der Waals surface area contributed by atoms with Gasteiger partial charge in [0.05, 0.1) is 4.47 Å². The Morgan fingerprint density at radius 1 is 1.41 bits per heavy atom. The Kier molecular flexibility index (Phi) is 6.33. The predicted molar refractivity (Wildman–Crippen MR) is 68.8 cm³/mol. The number of benzene rings is 1. The summed E-state index contributed by atoms with van der Waals surface area (Å²) in [6, 6.07) is 2.39. The predicted octanol–water partition coefficient (Wildman–Crippen LogP) is 3.12. The third kappa shape index (κ3) is 4.17. The van der Waals surface area contributed by atoms with Gasteiger partial charge < -0.3 is 0 Å². The smallest absolute Gasteiger partial charge is 0.143 e. The molecule has 0 aliphatic heterocycles. The van der Waals surface area contributed by atoms with Crippen LogP contribution in [0.5, 0.6) is 0 Å². The van der Waals surface area contributed by atoms with Gasteiger partial charge in [0.2, 0.25) is 0 Å². The van der Waals surface area contributed by atoms with Crippen molar-refractivity contribution in [1.82, 2.24) is 5.43 Å². The third-order valence-electron chi connectivity index (χ3n) is 2.51. The zero-order valence-corrected chi connectivity index (χ0v) is 11.5. The molecule has 0 bridgehead atoms. The van der Waals surface area contributed by atoms with E-state index >= 15 is 0 Å². The van der Waals surface area contributed by atoms with Crippen molar-refractivity contribution in [2.24, 2.45) is 5.84 Å². The molecule has 96 valence electrons.